The first-order valence-electron chi connectivity index (χ1n) is 10.8. The summed E-state index contributed by atoms with van der Waals surface area (Å²) in [6.45, 7) is 4.50. The predicted octanol–water partition coefficient (Wildman–Crippen LogP) is 6.28. The van der Waals surface area contributed by atoms with Crippen molar-refractivity contribution < 1.29 is 14.3 Å². The van der Waals surface area contributed by atoms with Crippen LogP contribution in [0.15, 0.2) is 72.8 Å². The van der Waals surface area contributed by atoms with Gasteiger partial charge in [-0.05, 0) is 47.2 Å². The first-order chi connectivity index (χ1) is 16.0. The summed E-state index contributed by atoms with van der Waals surface area (Å²) in [5.41, 5.74) is 3.79. The number of methoxy groups -OCH3 is 1. The van der Waals surface area contributed by atoms with E-state index >= 15 is 0 Å². The zero-order chi connectivity index (χ0) is 23.4. The van der Waals surface area contributed by atoms with Crippen LogP contribution >= 0.6 is 0 Å². The molecular formula is C29H25NO3. The van der Waals surface area contributed by atoms with E-state index in [0.717, 1.165) is 22.0 Å². The van der Waals surface area contributed by atoms with Crippen LogP contribution in [0.4, 0.5) is 0 Å². The fourth-order valence-electron chi connectivity index (χ4n) is 3.72. The Bertz CT molecular complexity index is 1350. The Labute approximate surface area is 194 Å². The Morgan fingerprint density at radius 3 is 2.48 bits per heavy atom. The van der Waals surface area contributed by atoms with E-state index in [1.807, 2.05) is 42.5 Å². The number of rotatable bonds is 7. The van der Waals surface area contributed by atoms with Gasteiger partial charge in [-0.25, -0.2) is 4.98 Å². The Hall–Kier alpha value is -4.10. The first-order valence-corrected chi connectivity index (χ1v) is 10.8. The highest BCUT2D eigenvalue weighted by Crippen LogP contribution is 2.32. The van der Waals surface area contributed by atoms with Gasteiger partial charge in [0.05, 0.1) is 12.8 Å². The number of carbonyl (C=O) groups is 1. The molecule has 0 spiro atoms. The molecule has 0 fully saturated rings. The van der Waals surface area contributed by atoms with Crippen LogP contribution in [-0.4, -0.2) is 24.5 Å². The molecule has 0 saturated carbocycles. The number of ether oxygens (including phenoxy) is 2. The molecule has 1 aromatic heterocycles. The van der Waals surface area contributed by atoms with E-state index in [-0.39, 0.29) is 12.4 Å². The number of ketones is 1. The van der Waals surface area contributed by atoms with Crippen molar-refractivity contribution >= 4 is 16.6 Å². The van der Waals surface area contributed by atoms with Gasteiger partial charge < -0.3 is 9.47 Å². The lowest BCUT2D eigenvalue weighted by Gasteiger charge is -2.13. The summed E-state index contributed by atoms with van der Waals surface area (Å²) in [4.78, 5) is 18.1. The van der Waals surface area contributed by atoms with Crippen molar-refractivity contribution in [3.63, 3.8) is 0 Å². The van der Waals surface area contributed by atoms with Crippen LogP contribution in [0.2, 0.25) is 0 Å². The third-order valence-electron chi connectivity index (χ3n) is 5.54. The van der Waals surface area contributed by atoms with Gasteiger partial charge in [0.2, 0.25) is 5.78 Å². The predicted molar refractivity (Wildman–Crippen MR) is 132 cm³/mol. The largest absolute Gasteiger partial charge is 0.497 e. The van der Waals surface area contributed by atoms with Crippen LogP contribution in [0.1, 0.15) is 41.4 Å². The molecule has 0 aliphatic carbocycles. The van der Waals surface area contributed by atoms with Gasteiger partial charge in [-0.3, -0.25) is 4.79 Å². The highest BCUT2D eigenvalue weighted by atomic mass is 16.5. The third-order valence-corrected chi connectivity index (χ3v) is 5.54. The average Bonchev–Trinajstić information content (AvgIpc) is 2.86. The van der Waals surface area contributed by atoms with Gasteiger partial charge in [-0.1, -0.05) is 62.2 Å². The number of hydrogen-bond donors (Lipinski definition) is 0. The standard InChI is InChI=1S/C29H25NO3/c1-5-15-33-25-14-13-22-17-27(29(31)23-7-6-8-24(16-23)32-4)30-28(26(22)18-25)21-11-9-20(10-12-21)19(2)3/h1,6-14,16-19H,15H2,2-4H3. The summed E-state index contributed by atoms with van der Waals surface area (Å²) in [7, 11) is 1.58. The van der Waals surface area contributed by atoms with Gasteiger partial charge in [-0.2, -0.15) is 0 Å². The first kappa shape index (κ1) is 22.1. The number of carbonyl (C=O) groups excluding carboxylic acids is 1. The van der Waals surface area contributed by atoms with Gasteiger partial charge in [0.15, 0.2) is 0 Å². The molecule has 4 heteroatoms. The SMILES string of the molecule is C#CCOc1ccc2cc(C(=O)c3cccc(OC)c3)nc(-c3ccc(C(C)C)cc3)c2c1. The van der Waals surface area contributed by atoms with Crippen molar-refractivity contribution in [2.75, 3.05) is 13.7 Å². The van der Waals surface area contributed by atoms with Crippen LogP contribution in [-0.2, 0) is 0 Å². The minimum atomic E-state index is -0.163. The van der Waals surface area contributed by atoms with E-state index in [0.29, 0.717) is 28.7 Å². The maximum absolute atomic E-state index is 13.3. The number of aromatic nitrogens is 1. The minimum Gasteiger partial charge on any atom is -0.497 e. The highest BCUT2D eigenvalue weighted by Gasteiger charge is 2.17. The van der Waals surface area contributed by atoms with Crippen LogP contribution in [0.25, 0.3) is 22.0 Å². The lowest BCUT2D eigenvalue weighted by Crippen LogP contribution is -2.06. The number of pyridine rings is 1. The molecule has 4 rings (SSSR count). The molecule has 0 aliphatic rings. The average molecular weight is 436 g/mol. The summed E-state index contributed by atoms with van der Waals surface area (Å²) < 4.78 is 10.9. The van der Waals surface area contributed by atoms with E-state index in [1.54, 1.807) is 25.3 Å². The van der Waals surface area contributed by atoms with E-state index in [9.17, 15) is 4.79 Å². The molecule has 0 aliphatic heterocycles. The second-order valence-electron chi connectivity index (χ2n) is 8.07. The van der Waals surface area contributed by atoms with E-state index < -0.39 is 0 Å². The highest BCUT2D eigenvalue weighted by molar-refractivity contribution is 6.11. The number of fused-ring (bicyclic) bond motifs is 1. The van der Waals surface area contributed by atoms with Crippen LogP contribution < -0.4 is 9.47 Å². The van der Waals surface area contributed by atoms with Gasteiger partial charge in [0.25, 0.3) is 0 Å². The zero-order valence-corrected chi connectivity index (χ0v) is 19.0. The molecular weight excluding hydrogens is 410 g/mol. The van der Waals surface area contributed by atoms with Crippen molar-refractivity contribution in [2.45, 2.75) is 19.8 Å². The molecule has 4 nitrogen and oxygen atoms in total. The van der Waals surface area contributed by atoms with E-state index in [1.165, 1.54) is 5.56 Å². The molecule has 33 heavy (non-hydrogen) atoms. The number of terminal acetylenes is 1. The summed E-state index contributed by atoms with van der Waals surface area (Å²) in [5, 5.41) is 1.79. The summed E-state index contributed by atoms with van der Waals surface area (Å²) in [6, 6.07) is 22.9. The Morgan fingerprint density at radius 2 is 1.79 bits per heavy atom. The molecule has 1 heterocycles. The minimum absolute atomic E-state index is 0.163. The number of benzene rings is 3. The quantitative estimate of drug-likeness (QED) is 0.253. The maximum atomic E-state index is 13.3. The van der Waals surface area contributed by atoms with Gasteiger partial charge >= 0.3 is 0 Å². The van der Waals surface area contributed by atoms with Crippen molar-refractivity contribution in [3.05, 3.63) is 89.6 Å². The second-order valence-corrected chi connectivity index (χ2v) is 8.07. The Morgan fingerprint density at radius 1 is 1.00 bits per heavy atom. The van der Waals surface area contributed by atoms with Crippen molar-refractivity contribution in [3.8, 4) is 35.1 Å². The molecule has 0 radical (unpaired) electrons. The molecule has 3 aromatic carbocycles. The Balaban J connectivity index is 1.87. The number of nitrogens with zero attached hydrogens (tertiary/aromatic N) is 1. The number of hydrogen-bond acceptors (Lipinski definition) is 4. The lowest BCUT2D eigenvalue weighted by atomic mass is 9.97. The maximum Gasteiger partial charge on any atom is 0.211 e. The van der Waals surface area contributed by atoms with Crippen LogP contribution in [0.5, 0.6) is 11.5 Å². The monoisotopic (exact) mass is 435 g/mol. The second kappa shape index (κ2) is 9.58. The summed E-state index contributed by atoms with van der Waals surface area (Å²) in [6.07, 6.45) is 5.34. The van der Waals surface area contributed by atoms with Crippen molar-refractivity contribution in [1.29, 1.82) is 0 Å². The van der Waals surface area contributed by atoms with Crippen molar-refractivity contribution in [2.24, 2.45) is 0 Å². The summed E-state index contributed by atoms with van der Waals surface area (Å²) >= 11 is 0. The molecule has 164 valence electrons. The molecule has 0 unspecified atom stereocenters. The topological polar surface area (TPSA) is 48.4 Å². The van der Waals surface area contributed by atoms with Crippen LogP contribution in [0.3, 0.4) is 0 Å². The Kier molecular flexibility index (Phi) is 6.42. The molecule has 0 amide bonds. The summed E-state index contributed by atoms with van der Waals surface area (Å²) in [5.74, 6) is 4.03. The van der Waals surface area contributed by atoms with E-state index in [4.69, 9.17) is 20.9 Å². The smallest absolute Gasteiger partial charge is 0.211 e. The van der Waals surface area contributed by atoms with E-state index in [2.05, 4.69) is 31.9 Å². The van der Waals surface area contributed by atoms with Crippen LogP contribution in [0, 0.1) is 12.3 Å². The normalized spacial score (nSPS) is 10.8. The molecule has 0 bridgehead atoms. The fourth-order valence-corrected chi connectivity index (χ4v) is 3.72. The van der Waals surface area contributed by atoms with Gasteiger partial charge in [0.1, 0.15) is 23.8 Å². The third kappa shape index (κ3) is 4.73. The molecule has 0 N–H and O–H groups in total. The molecule has 0 atom stereocenters. The molecule has 4 aromatic rings. The zero-order valence-electron chi connectivity index (χ0n) is 19.0. The molecule has 0 saturated heterocycles. The van der Waals surface area contributed by atoms with Gasteiger partial charge in [-0.15, -0.1) is 6.42 Å². The van der Waals surface area contributed by atoms with Gasteiger partial charge in [0, 0.05) is 16.5 Å². The lowest BCUT2D eigenvalue weighted by molar-refractivity contribution is 0.103. The van der Waals surface area contributed by atoms with Crippen molar-refractivity contribution in [1.82, 2.24) is 4.98 Å². The fraction of sp³-hybridized carbons (Fsp3) is 0.172.